The summed E-state index contributed by atoms with van der Waals surface area (Å²) in [4.78, 5) is 25.6. The summed E-state index contributed by atoms with van der Waals surface area (Å²) in [6, 6.07) is 5.13. The highest BCUT2D eigenvalue weighted by molar-refractivity contribution is 5.95. The van der Waals surface area contributed by atoms with Gasteiger partial charge in [0.25, 0.3) is 5.91 Å². The molecule has 1 heterocycles. The summed E-state index contributed by atoms with van der Waals surface area (Å²) < 4.78 is 15.2. The molecule has 0 radical (unpaired) electrons. The van der Waals surface area contributed by atoms with Crippen LogP contribution in [0.1, 0.15) is 36.5 Å². The van der Waals surface area contributed by atoms with Gasteiger partial charge in [-0.1, -0.05) is 13.3 Å². The van der Waals surface area contributed by atoms with Crippen LogP contribution in [0.3, 0.4) is 0 Å². The largest absolute Gasteiger partial charge is 0.469 e. The minimum Gasteiger partial charge on any atom is -0.469 e. The number of amides is 1. The van der Waals surface area contributed by atoms with E-state index in [1.54, 1.807) is 23.1 Å². The zero-order valence-electron chi connectivity index (χ0n) is 13.0. The number of esters is 1. The fraction of sp³-hybridized carbons (Fsp3) is 0.500. The number of ether oxygens (including phenoxy) is 3. The molecule has 0 atom stereocenters. The van der Waals surface area contributed by atoms with E-state index in [0.29, 0.717) is 30.2 Å². The zero-order valence-corrected chi connectivity index (χ0v) is 13.0. The third-order valence-electron chi connectivity index (χ3n) is 3.50. The lowest BCUT2D eigenvalue weighted by Crippen LogP contribution is -2.34. The molecule has 22 heavy (non-hydrogen) atoms. The van der Waals surface area contributed by atoms with E-state index in [0.717, 1.165) is 12.8 Å². The Kier molecular flexibility index (Phi) is 5.63. The second-order valence-electron chi connectivity index (χ2n) is 5.04. The van der Waals surface area contributed by atoms with E-state index in [9.17, 15) is 9.59 Å². The van der Waals surface area contributed by atoms with E-state index in [4.69, 9.17) is 9.47 Å². The molecule has 6 nitrogen and oxygen atoms in total. The van der Waals surface area contributed by atoms with Gasteiger partial charge in [-0.2, -0.15) is 0 Å². The highest BCUT2D eigenvalue weighted by Gasteiger charge is 2.20. The average molecular weight is 307 g/mol. The predicted octanol–water partition coefficient (Wildman–Crippen LogP) is 2.22. The molecule has 0 aromatic heterocycles. The van der Waals surface area contributed by atoms with Crippen LogP contribution in [0.2, 0.25) is 0 Å². The SMILES string of the molecule is CCCCN(CCC(=O)OC)C(=O)c1ccc2c(c1)OCO2. The monoisotopic (exact) mass is 307 g/mol. The van der Waals surface area contributed by atoms with E-state index >= 15 is 0 Å². The molecule has 0 saturated carbocycles. The standard InChI is InChI=1S/C16H21NO5/c1-3-4-8-17(9-7-15(18)20-2)16(19)12-5-6-13-14(10-12)22-11-21-13/h5-6,10H,3-4,7-9,11H2,1-2H3. The molecule has 2 rings (SSSR count). The Morgan fingerprint density at radius 3 is 2.73 bits per heavy atom. The van der Waals surface area contributed by atoms with E-state index in [-0.39, 0.29) is 25.1 Å². The summed E-state index contributed by atoms with van der Waals surface area (Å²) >= 11 is 0. The minimum absolute atomic E-state index is 0.115. The van der Waals surface area contributed by atoms with Gasteiger partial charge in [0.05, 0.1) is 13.5 Å². The lowest BCUT2D eigenvalue weighted by atomic mass is 10.1. The first-order valence-corrected chi connectivity index (χ1v) is 7.41. The van der Waals surface area contributed by atoms with Gasteiger partial charge in [-0.05, 0) is 24.6 Å². The first kappa shape index (κ1) is 16.1. The van der Waals surface area contributed by atoms with Gasteiger partial charge in [0.1, 0.15) is 0 Å². The van der Waals surface area contributed by atoms with Gasteiger partial charge in [-0.25, -0.2) is 0 Å². The Balaban J connectivity index is 2.08. The molecule has 0 N–H and O–H groups in total. The Labute approximate surface area is 129 Å². The van der Waals surface area contributed by atoms with E-state index in [1.807, 2.05) is 0 Å². The Hall–Kier alpha value is -2.24. The lowest BCUT2D eigenvalue weighted by molar-refractivity contribution is -0.140. The van der Waals surface area contributed by atoms with Gasteiger partial charge in [0.2, 0.25) is 6.79 Å². The number of nitrogens with zero attached hydrogens (tertiary/aromatic N) is 1. The van der Waals surface area contributed by atoms with Crippen LogP contribution in [-0.4, -0.2) is 43.8 Å². The zero-order chi connectivity index (χ0) is 15.9. The molecule has 1 amide bonds. The lowest BCUT2D eigenvalue weighted by Gasteiger charge is -2.22. The van der Waals surface area contributed by atoms with Crippen LogP contribution < -0.4 is 9.47 Å². The van der Waals surface area contributed by atoms with Crippen LogP contribution in [0, 0.1) is 0 Å². The van der Waals surface area contributed by atoms with Crippen LogP contribution in [0.4, 0.5) is 0 Å². The van der Waals surface area contributed by atoms with Crippen molar-refractivity contribution in [1.82, 2.24) is 4.90 Å². The highest BCUT2D eigenvalue weighted by atomic mass is 16.7. The molecule has 0 spiro atoms. The molecule has 6 heteroatoms. The number of carbonyl (C=O) groups excluding carboxylic acids is 2. The van der Waals surface area contributed by atoms with Gasteiger partial charge in [0.15, 0.2) is 11.5 Å². The van der Waals surface area contributed by atoms with Crippen LogP contribution in [-0.2, 0) is 9.53 Å². The van der Waals surface area contributed by atoms with Gasteiger partial charge < -0.3 is 19.1 Å². The number of benzene rings is 1. The normalized spacial score (nSPS) is 12.1. The first-order chi connectivity index (χ1) is 10.7. The van der Waals surface area contributed by atoms with E-state index in [1.165, 1.54) is 7.11 Å². The molecule has 0 fully saturated rings. The Morgan fingerprint density at radius 1 is 1.23 bits per heavy atom. The molecule has 0 unspecified atom stereocenters. The van der Waals surface area contributed by atoms with Crippen molar-refractivity contribution in [2.24, 2.45) is 0 Å². The van der Waals surface area contributed by atoms with Crippen molar-refractivity contribution in [3.05, 3.63) is 23.8 Å². The third kappa shape index (κ3) is 3.90. The summed E-state index contributed by atoms with van der Waals surface area (Å²) in [6.45, 7) is 3.19. The van der Waals surface area contributed by atoms with Gasteiger partial charge in [-0.3, -0.25) is 9.59 Å². The molecule has 1 aliphatic rings. The van der Waals surface area contributed by atoms with E-state index in [2.05, 4.69) is 11.7 Å². The molecular weight excluding hydrogens is 286 g/mol. The number of fused-ring (bicyclic) bond motifs is 1. The summed E-state index contributed by atoms with van der Waals surface area (Å²) in [5.74, 6) is 0.788. The van der Waals surface area contributed by atoms with Crippen LogP contribution >= 0.6 is 0 Å². The average Bonchev–Trinajstić information content (AvgIpc) is 3.01. The second-order valence-corrected chi connectivity index (χ2v) is 5.04. The third-order valence-corrected chi connectivity index (χ3v) is 3.50. The topological polar surface area (TPSA) is 65.1 Å². The molecule has 0 bridgehead atoms. The second kappa shape index (κ2) is 7.68. The minimum atomic E-state index is -0.319. The molecular formula is C16H21NO5. The van der Waals surface area contributed by atoms with Crippen molar-refractivity contribution in [1.29, 1.82) is 0 Å². The maximum absolute atomic E-state index is 12.6. The molecule has 1 aromatic carbocycles. The van der Waals surface area contributed by atoms with Gasteiger partial charge in [-0.15, -0.1) is 0 Å². The maximum Gasteiger partial charge on any atom is 0.307 e. The Morgan fingerprint density at radius 2 is 2.00 bits per heavy atom. The van der Waals surface area contributed by atoms with Gasteiger partial charge in [0, 0.05) is 18.7 Å². The van der Waals surface area contributed by atoms with Crippen molar-refractivity contribution in [2.75, 3.05) is 27.0 Å². The van der Waals surface area contributed by atoms with Crippen LogP contribution in [0.5, 0.6) is 11.5 Å². The summed E-state index contributed by atoms with van der Waals surface area (Å²) in [5.41, 5.74) is 0.533. The number of methoxy groups -OCH3 is 1. The Bertz CT molecular complexity index is 543. The number of hydrogen-bond acceptors (Lipinski definition) is 5. The van der Waals surface area contributed by atoms with Gasteiger partial charge >= 0.3 is 5.97 Å². The highest BCUT2D eigenvalue weighted by Crippen LogP contribution is 2.32. The molecule has 1 aromatic rings. The van der Waals surface area contributed by atoms with E-state index < -0.39 is 0 Å². The first-order valence-electron chi connectivity index (χ1n) is 7.41. The van der Waals surface area contributed by atoms with Crippen LogP contribution in [0.15, 0.2) is 18.2 Å². The summed E-state index contributed by atoms with van der Waals surface area (Å²) in [7, 11) is 1.35. The molecule has 1 aliphatic heterocycles. The summed E-state index contributed by atoms with van der Waals surface area (Å²) in [5, 5.41) is 0. The smallest absolute Gasteiger partial charge is 0.307 e. The quantitative estimate of drug-likeness (QED) is 0.723. The van der Waals surface area contributed by atoms with Crippen molar-refractivity contribution in [3.63, 3.8) is 0 Å². The number of unbranched alkanes of at least 4 members (excludes halogenated alkanes) is 1. The molecule has 120 valence electrons. The van der Waals surface area contributed by atoms with Crippen molar-refractivity contribution >= 4 is 11.9 Å². The van der Waals surface area contributed by atoms with Crippen molar-refractivity contribution in [3.8, 4) is 11.5 Å². The maximum atomic E-state index is 12.6. The summed E-state index contributed by atoms with van der Waals surface area (Å²) in [6.07, 6.45) is 2.05. The predicted molar refractivity (Wildman–Crippen MR) is 80.0 cm³/mol. The molecule has 0 aliphatic carbocycles. The van der Waals surface area contributed by atoms with Crippen LogP contribution in [0.25, 0.3) is 0 Å². The molecule has 0 saturated heterocycles. The van der Waals surface area contributed by atoms with Crippen molar-refractivity contribution < 1.29 is 23.8 Å². The van der Waals surface area contributed by atoms with Crippen molar-refractivity contribution in [2.45, 2.75) is 26.2 Å². The fourth-order valence-electron chi connectivity index (χ4n) is 2.20. The number of hydrogen-bond donors (Lipinski definition) is 0. The fourth-order valence-corrected chi connectivity index (χ4v) is 2.20. The number of rotatable bonds is 7. The number of carbonyl (C=O) groups is 2.